The smallest absolute Gasteiger partial charge is 0.145 e. The highest BCUT2D eigenvalue weighted by Crippen LogP contribution is 2.16. The lowest BCUT2D eigenvalue weighted by molar-refractivity contribution is 0.428. The number of hydrogen-bond donors (Lipinski definition) is 0. The third kappa shape index (κ3) is 2.90. The Hall–Kier alpha value is -1.31. The lowest BCUT2D eigenvalue weighted by Crippen LogP contribution is -1.94. The SMILES string of the molecule is C=C(C)Oc1ccc(C(C)C)nc1. The van der Waals surface area contributed by atoms with E-state index in [1.54, 1.807) is 6.20 Å². The fraction of sp³-hybridized carbons (Fsp3) is 0.364. The average Bonchev–Trinajstić information content (AvgIpc) is 2.04. The van der Waals surface area contributed by atoms with E-state index in [2.05, 4.69) is 25.4 Å². The Morgan fingerprint density at radius 3 is 2.54 bits per heavy atom. The molecular formula is C11H15NO. The van der Waals surface area contributed by atoms with E-state index in [1.807, 2.05) is 19.1 Å². The summed E-state index contributed by atoms with van der Waals surface area (Å²) >= 11 is 0. The number of aromatic nitrogens is 1. The Balaban J connectivity index is 2.75. The lowest BCUT2D eigenvalue weighted by Gasteiger charge is -2.06. The molecule has 0 aliphatic rings. The van der Waals surface area contributed by atoms with Crippen LogP contribution in [0.15, 0.2) is 30.7 Å². The van der Waals surface area contributed by atoms with Crippen LogP contribution in [0.25, 0.3) is 0 Å². The van der Waals surface area contributed by atoms with Gasteiger partial charge in [-0.15, -0.1) is 0 Å². The van der Waals surface area contributed by atoms with E-state index in [0.29, 0.717) is 11.7 Å². The summed E-state index contributed by atoms with van der Waals surface area (Å²) in [6.07, 6.45) is 1.73. The highest BCUT2D eigenvalue weighted by molar-refractivity contribution is 5.22. The van der Waals surface area contributed by atoms with Crippen molar-refractivity contribution >= 4 is 0 Å². The Morgan fingerprint density at radius 2 is 2.15 bits per heavy atom. The molecule has 1 heterocycles. The molecule has 2 nitrogen and oxygen atoms in total. The van der Waals surface area contributed by atoms with Gasteiger partial charge in [0.25, 0.3) is 0 Å². The van der Waals surface area contributed by atoms with Crippen molar-refractivity contribution in [2.75, 3.05) is 0 Å². The van der Waals surface area contributed by atoms with Crippen LogP contribution in [0.5, 0.6) is 5.75 Å². The first-order valence-electron chi connectivity index (χ1n) is 4.39. The highest BCUT2D eigenvalue weighted by atomic mass is 16.5. The molecule has 0 unspecified atom stereocenters. The average molecular weight is 177 g/mol. The molecule has 0 saturated carbocycles. The Labute approximate surface area is 79.3 Å². The number of ether oxygens (including phenoxy) is 1. The Bertz CT molecular complexity index is 287. The zero-order chi connectivity index (χ0) is 9.84. The number of rotatable bonds is 3. The topological polar surface area (TPSA) is 22.1 Å². The van der Waals surface area contributed by atoms with Crippen LogP contribution in [0.2, 0.25) is 0 Å². The molecule has 0 saturated heterocycles. The van der Waals surface area contributed by atoms with Crippen molar-refractivity contribution in [1.82, 2.24) is 4.98 Å². The van der Waals surface area contributed by atoms with Gasteiger partial charge in [0, 0.05) is 5.69 Å². The van der Waals surface area contributed by atoms with Crippen molar-refractivity contribution in [2.45, 2.75) is 26.7 Å². The van der Waals surface area contributed by atoms with Crippen molar-refractivity contribution < 1.29 is 4.74 Å². The number of allylic oxidation sites excluding steroid dienone is 1. The standard InChI is InChI=1S/C11H15NO/c1-8(2)11-6-5-10(7-12-11)13-9(3)4/h5-8H,3H2,1-2,4H3. The Morgan fingerprint density at radius 1 is 1.46 bits per heavy atom. The van der Waals surface area contributed by atoms with Gasteiger partial charge in [-0.1, -0.05) is 20.4 Å². The lowest BCUT2D eigenvalue weighted by atomic mass is 10.1. The molecule has 0 fully saturated rings. The summed E-state index contributed by atoms with van der Waals surface area (Å²) in [6.45, 7) is 9.70. The van der Waals surface area contributed by atoms with Crippen molar-refractivity contribution in [3.8, 4) is 5.75 Å². The van der Waals surface area contributed by atoms with Crippen molar-refractivity contribution in [1.29, 1.82) is 0 Å². The summed E-state index contributed by atoms with van der Waals surface area (Å²) in [6, 6.07) is 3.89. The van der Waals surface area contributed by atoms with Crippen LogP contribution in [0.4, 0.5) is 0 Å². The van der Waals surface area contributed by atoms with Crippen LogP contribution in [0.1, 0.15) is 32.4 Å². The maximum absolute atomic E-state index is 5.29. The fourth-order valence-electron chi connectivity index (χ4n) is 0.995. The van der Waals surface area contributed by atoms with Crippen LogP contribution in [-0.2, 0) is 0 Å². The first-order chi connectivity index (χ1) is 6.09. The van der Waals surface area contributed by atoms with Gasteiger partial charge in [0.1, 0.15) is 5.75 Å². The molecule has 1 aromatic heterocycles. The molecule has 0 spiro atoms. The van der Waals surface area contributed by atoms with E-state index in [4.69, 9.17) is 4.74 Å². The van der Waals surface area contributed by atoms with Crippen molar-refractivity contribution in [3.05, 3.63) is 36.4 Å². The van der Waals surface area contributed by atoms with Gasteiger partial charge in [0.2, 0.25) is 0 Å². The van der Waals surface area contributed by atoms with Crippen molar-refractivity contribution in [3.63, 3.8) is 0 Å². The second-order valence-corrected chi connectivity index (χ2v) is 3.38. The molecule has 1 aromatic rings. The normalized spacial score (nSPS) is 10.2. The van der Waals surface area contributed by atoms with Gasteiger partial charge in [-0.2, -0.15) is 0 Å². The van der Waals surface area contributed by atoms with E-state index in [1.165, 1.54) is 0 Å². The number of hydrogen-bond acceptors (Lipinski definition) is 2. The van der Waals surface area contributed by atoms with Crippen LogP contribution in [0, 0.1) is 0 Å². The van der Waals surface area contributed by atoms with E-state index < -0.39 is 0 Å². The minimum absolute atomic E-state index is 0.457. The molecular weight excluding hydrogens is 162 g/mol. The monoisotopic (exact) mass is 177 g/mol. The summed E-state index contributed by atoms with van der Waals surface area (Å²) in [5.41, 5.74) is 1.08. The molecule has 70 valence electrons. The van der Waals surface area contributed by atoms with Gasteiger partial charge >= 0.3 is 0 Å². The molecule has 0 radical (unpaired) electrons. The first-order valence-corrected chi connectivity index (χ1v) is 4.39. The predicted molar refractivity (Wildman–Crippen MR) is 53.8 cm³/mol. The predicted octanol–water partition coefficient (Wildman–Crippen LogP) is 3.12. The van der Waals surface area contributed by atoms with Gasteiger partial charge in [-0.05, 0) is 25.0 Å². The van der Waals surface area contributed by atoms with Crippen LogP contribution >= 0.6 is 0 Å². The van der Waals surface area contributed by atoms with Crippen LogP contribution in [0.3, 0.4) is 0 Å². The molecule has 13 heavy (non-hydrogen) atoms. The maximum atomic E-state index is 5.29. The fourth-order valence-corrected chi connectivity index (χ4v) is 0.995. The Kier molecular flexibility index (Phi) is 3.07. The maximum Gasteiger partial charge on any atom is 0.145 e. The van der Waals surface area contributed by atoms with Gasteiger partial charge in [0.05, 0.1) is 12.0 Å². The second kappa shape index (κ2) is 4.08. The van der Waals surface area contributed by atoms with Gasteiger partial charge in [-0.3, -0.25) is 4.98 Å². The highest BCUT2D eigenvalue weighted by Gasteiger charge is 2.00. The number of pyridine rings is 1. The number of nitrogens with zero attached hydrogens (tertiary/aromatic N) is 1. The molecule has 0 aromatic carbocycles. The minimum Gasteiger partial charge on any atom is -0.461 e. The molecule has 0 aliphatic carbocycles. The van der Waals surface area contributed by atoms with Gasteiger partial charge in [-0.25, -0.2) is 0 Å². The second-order valence-electron chi connectivity index (χ2n) is 3.38. The van der Waals surface area contributed by atoms with Gasteiger partial charge in [0.15, 0.2) is 0 Å². The summed E-state index contributed by atoms with van der Waals surface area (Å²) in [5.74, 6) is 1.88. The molecule has 0 aliphatic heterocycles. The quantitative estimate of drug-likeness (QED) is 0.662. The van der Waals surface area contributed by atoms with Gasteiger partial charge < -0.3 is 4.74 Å². The largest absolute Gasteiger partial charge is 0.461 e. The van der Waals surface area contributed by atoms with Crippen LogP contribution in [-0.4, -0.2) is 4.98 Å². The summed E-state index contributed by atoms with van der Waals surface area (Å²) in [4.78, 5) is 4.27. The summed E-state index contributed by atoms with van der Waals surface area (Å²) in [5, 5.41) is 0. The molecule has 0 atom stereocenters. The van der Waals surface area contributed by atoms with E-state index >= 15 is 0 Å². The minimum atomic E-state index is 0.457. The zero-order valence-corrected chi connectivity index (χ0v) is 8.37. The molecule has 1 rings (SSSR count). The molecule has 0 N–H and O–H groups in total. The third-order valence-corrected chi connectivity index (χ3v) is 1.64. The molecule has 0 amide bonds. The molecule has 0 bridgehead atoms. The summed E-state index contributed by atoms with van der Waals surface area (Å²) in [7, 11) is 0. The zero-order valence-electron chi connectivity index (χ0n) is 8.37. The third-order valence-electron chi connectivity index (χ3n) is 1.64. The van der Waals surface area contributed by atoms with Crippen LogP contribution < -0.4 is 4.74 Å². The van der Waals surface area contributed by atoms with Crippen molar-refractivity contribution in [2.24, 2.45) is 0 Å². The van der Waals surface area contributed by atoms with E-state index in [-0.39, 0.29) is 0 Å². The molecule has 2 heteroatoms. The van der Waals surface area contributed by atoms with E-state index in [0.717, 1.165) is 11.4 Å². The van der Waals surface area contributed by atoms with E-state index in [9.17, 15) is 0 Å². The first kappa shape index (κ1) is 9.78. The summed E-state index contributed by atoms with van der Waals surface area (Å²) < 4.78 is 5.29.